The molecule has 0 aliphatic heterocycles. The SMILES string of the molecule is C[C@H](Nc1ncnc(N)c1C#N)c1nc2cccnc2n1C1CCCCC1. The van der Waals surface area contributed by atoms with Gasteiger partial charge in [-0.15, -0.1) is 0 Å². The van der Waals surface area contributed by atoms with Crippen LogP contribution in [0.15, 0.2) is 24.7 Å². The molecule has 4 rings (SSSR count). The monoisotopic (exact) mass is 362 g/mol. The van der Waals surface area contributed by atoms with Crippen molar-refractivity contribution in [2.45, 2.75) is 51.1 Å². The Morgan fingerprint density at radius 2 is 2.07 bits per heavy atom. The number of nitrogens with two attached hydrogens (primary N) is 1. The molecule has 0 aromatic carbocycles. The lowest BCUT2D eigenvalue weighted by Crippen LogP contribution is -2.21. The highest BCUT2D eigenvalue weighted by atomic mass is 15.2. The molecular formula is C19H22N8. The van der Waals surface area contributed by atoms with Gasteiger partial charge in [-0.3, -0.25) is 0 Å². The molecule has 8 nitrogen and oxygen atoms in total. The number of imidazole rings is 1. The van der Waals surface area contributed by atoms with Crippen LogP contribution in [0.2, 0.25) is 0 Å². The molecule has 8 heteroatoms. The molecule has 3 N–H and O–H groups in total. The summed E-state index contributed by atoms with van der Waals surface area (Å²) >= 11 is 0. The van der Waals surface area contributed by atoms with E-state index in [2.05, 4.69) is 30.9 Å². The molecule has 1 fully saturated rings. The Kier molecular flexibility index (Phi) is 4.59. The molecule has 0 radical (unpaired) electrons. The molecule has 1 saturated carbocycles. The Bertz CT molecular complexity index is 997. The summed E-state index contributed by atoms with van der Waals surface area (Å²) < 4.78 is 2.27. The van der Waals surface area contributed by atoms with Gasteiger partial charge in [0.1, 0.15) is 40.9 Å². The molecule has 0 unspecified atom stereocenters. The van der Waals surface area contributed by atoms with Crippen molar-refractivity contribution in [3.05, 3.63) is 36.0 Å². The van der Waals surface area contributed by atoms with Crippen molar-refractivity contribution in [1.82, 2.24) is 24.5 Å². The number of hydrogen-bond donors (Lipinski definition) is 2. The Balaban J connectivity index is 1.75. The number of pyridine rings is 1. The molecule has 1 aliphatic carbocycles. The smallest absolute Gasteiger partial charge is 0.160 e. The molecule has 0 spiro atoms. The van der Waals surface area contributed by atoms with Crippen molar-refractivity contribution in [3.8, 4) is 6.07 Å². The molecule has 27 heavy (non-hydrogen) atoms. The Hall–Kier alpha value is -3.21. The highest BCUT2D eigenvalue weighted by Gasteiger charge is 2.25. The standard InChI is InChI=1S/C19H22N8/c1-12(25-17-14(10-20)16(21)23-11-24-17)18-26-15-8-5-9-22-19(15)27(18)13-6-3-2-4-7-13/h5,8-9,11-13H,2-4,6-7H2,1H3,(H3,21,23,24,25)/t12-/m0/s1. The van der Waals surface area contributed by atoms with Gasteiger partial charge >= 0.3 is 0 Å². The topological polar surface area (TPSA) is 118 Å². The molecule has 0 bridgehead atoms. The average molecular weight is 362 g/mol. The van der Waals surface area contributed by atoms with E-state index in [0.717, 1.165) is 29.8 Å². The van der Waals surface area contributed by atoms with E-state index in [1.54, 1.807) is 0 Å². The first kappa shape index (κ1) is 17.2. The lowest BCUT2D eigenvalue weighted by atomic mass is 9.95. The number of anilines is 2. The zero-order chi connectivity index (χ0) is 18.8. The largest absolute Gasteiger partial charge is 0.382 e. The van der Waals surface area contributed by atoms with Crippen molar-refractivity contribution in [2.24, 2.45) is 0 Å². The molecule has 1 atom stereocenters. The Morgan fingerprint density at radius 3 is 2.85 bits per heavy atom. The van der Waals surface area contributed by atoms with Gasteiger partial charge in [0.25, 0.3) is 0 Å². The molecule has 138 valence electrons. The normalized spacial score (nSPS) is 16.1. The quantitative estimate of drug-likeness (QED) is 0.730. The van der Waals surface area contributed by atoms with Crippen LogP contribution in [0.1, 0.15) is 62.5 Å². The first-order chi connectivity index (χ1) is 13.2. The van der Waals surface area contributed by atoms with Gasteiger partial charge < -0.3 is 15.6 Å². The predicted octanol–water partition coefficient (Wildman–Crippen LogP) is 3.35. The zero-order valence-electron chi connectivity index (χ0n) is 15.3. The number of rotatable bonds is 4. The van der Waals surface area contributed by atoms with Crippen LogP contribution >= 0.6 is 0 Å². The van der Waals surface area contributed by atoms with Crippen molar-refractivity contribution in [2.75, 3.05) is 11.1 Å². The van der Waals surface area contributed by atoms with E-state index in [0.29, 0.717) is 11.9 Å². The summed E-state index contributed by atoms with van der Waals surface area (Å²) in [5, 5.41) is 12.7. The van der Waals surface area contributed by atoms with Crippen molar-refractivity contribution < 1.29 is 0 Å². The number of fused-ring (bicyclic) bond motifs is 1. The van der Waals surface area contributed by atoms with Gasteiger partial charge in [0, 0.05) is 12.2 Å². The molecule has 3 aromatic heterocycles. The van der Waals surface area contributed by atoms with E-state index < -0.39 is 0 Å². The van der Waals surface area contributed by atoms with E-state index in [-0.39, 0.29) is 17.4 Å². The van der Waals surface area contributed by atoms with Crippen molar-refractivity contribution >= 4 is 22.8 Å². The second-order valence-electron chi connectivity index (χ2n) is 6.94. The van der Waals surface area contributed by atoms with Crippen molar-refractivity contribution in [1.29, 1.82) is 5.26 Å². The summed E-state index contributed by atoms with van der Waals surface area (Å²) in [4.78, 5) is 17.5. The van der Waals surface area contributed by atoms with Crippen LogP contribution in [-0.2, 0) is 0 Å². The lowest BCUT2D eigenvalue weighted by molar-refractivity contribution is 0.348. The van der Waals surface area contributed by atoms with Gasteiger partial charge in [0.2, 0.25) is 0 Å². The molecule has 3 aromatic rings. The lowest BCUT2D eigenvalue weighted by Gasteiger charge is -2.27. The average Bonchev–Trinajstić information content (AvgIpc) is 3.08. The summed E-state index contributed by atoms with van der Waals surface area (Å²) in [6.45, 7) is 2.01. The number of nitrogens with one attached hydrogen (secondary N) is 1. The maximum atomic E-state index is 9.37. The molecule has 0 amide bonds. The second kappa shape index (κ2) is 7.19. The molecule has 1 aliphatic rings. The van der Waals surface area contributed by atoms with E-state index in [4.69, 9.17) is 10.7 Å². The third-order valence-electron chi connectivity index (χ3n) is 5.14. The van der Waals surface area contributed by atoms with Gasteiger partial charge in [-0.1, -0.05) is 19.3 Å². The minimum Gasteiger partial charge on any atom is -0.382 e. The van der Waals surface area contributed by atoms with Gasteiger partial charge in [0.05, 0.1) is 6.04 Å². The van der Waals surface area contributed by atoms with Crippen LogP contribution in [0.5, 0.6) is 0 Å². The van der Waals surface area contributed by atoms with Crippen LogP contribution in [0.3, 0.4) is 0 Å². The summed E-state index contributed by atoms with van der Waals surface area (Å²) in [6, 6.07) is 6.19. The van der Waals surface area contributed by atoms with E-state index in [9.17, 15) is 5.26 Å². The highest BCUT2D eigenvalue weighted by molar-refractivity contribution is 5.72. The highest BCUT2D eigenvalue weighted by Crippen LogP contribution is 2.34. The third kappa shape index (κ3) is 3.16. The fraction of sp³-hybridized carbons (Fsp3) is 0.421. The summed E-state index contributed by atoms with van der Waals surface area (Å²) in [7, 11) is 0. The van der Waals surface area contributed by atoms with Gasteiger partial charge in [-0.05, 0) is 31.9 Å². The number of nitriles is 1. The number of hydrogen-bond acceptors (Lipinski definition) is 7. The van der Waals surface area contributed by atoms with Gasteiger partial charge in [0.15, 0.2) is 5.65 Å². The third-order valence-corrected chi connectivity index (χ3v) is 5.14. The number of nitrogens with zero attached hydrogens (tertiary/aromatic N) is 6. The molecule has 0 saturated heterocycles. The fourth-order valence-corrected chi connectivity index (χ4v) is 3.84. The summed E-state index contributed by atoms with van der Waals surface area (Å²) in [5.41, 5.74) is 7.86. The van der Waals surface area contributed by atoms with E-state index in [1.807, 2.05) is 25.3 Å². The van der Waals surface area contributed by atoms with Gasteiger partial charge in [-0.2, -0.15) is 5.26 Å². The minimum atomic E-state index is -0.164. The minimum absolute atomic E-state index is 0.164. The maximum absolute atomic E-state index is 9.37. The number of aromatic nitrogens is 5. The Morgan fingerprint density at radius 1 is 1.26 bits per heavy atom. The summed E-state index contributed by atoms with van der Waals surface area (Å²) in [5.74, 6) is 1.49. The first-order valence-electron chi connectivity index (χ1n) is 9.29. The first-order valence-corrected chi connectivity index (χ1v) is 9.29. The van der Waals surface area contributed by atoms with Crippen LogP contribution in [0.25, 0.3) is 11.2 Å². The fourth-order valence-electron chi connectivity index (χ4n) is 3.84. The van der Waals surface area contributed by atoms with Gasteiger partial charge in [-0.25, -0.2) is 19.9 Å². The second-order valence-corrected chi connectivity index (χ2v) is 6.94. The zero-order valence-corrected chi connectivity index (χ0v) is 15.3. The molecule has 3 heterocycles. The van der Waals surface area contributed by atoms with E-state index >= 15 is 0 Å². The van der Waals surface area contributed by atoms with Crippen LogP contribution in [0.4, 0.5) is 11.6 Å². The Labute approximate surface area is 157 Å². The van der Waals surface area contributed by atoms with Crippen LogP contribution in [-0.4, -0.2) is 24.5 Å². The summed E-state index contributed by atoms with van der Waals surface area (Å²) in [6.07, 6.45) is 9.16. The van der Waals surface area contributed by atoms with Crippen LogP contribution in [0, 0.1) is 11.3 Å². The van der Waals surface area contributed by atoms with E-state index in [1.165, 1.54) is 25.6 Å². The van der Waals surface area contributed by atoms with Crippen molar-refractivity contribution in [3.63, 3.8) is 0 Å². The maximum Gasteiger partial charge on any atom is 0.160 e. The molecular weight excluding hydrogens is 340 g/mol. The number of nitrogen functional groups attached to an aromatic ring is 1. The van der Waals surface area contributed by atoms with Crippen LogP contribution < -0.4 is 11.1 Å². The predicted molar refractivity (Wildman–Crippen MR) is 103 cm³/mol.